The minimum Gasteiger partial charge on any atom is -0.406 e. The SMILES string of the molecule is CC1(C(=O)Nc2cc(-c3ccc(OC(F)(F)F)cc3)cc(NC(=O)C3CC3)n2)CC1. The van der Waals surface area contributed by atoms with Crippen molar-refractivity contribution in [2.24, 2.45) is 11.3 Å². The Bertz CT molecular complexity index is 981. The van der Waals surface area contributed by atoms with E-state index in [9.17, 15) is 22.8 Å². The van der Waals surface area contributed by atoms with E-state index in [2.05, 4.69) is 20.4 Å². The Balaban J connectivity index is 1.60. The number of aromatic nitrogens is 1. The van der Waals surface area contributed by atoms with Crippen molar-refractivity contribution in [2.75, 3.05) is 10.6 Å². The first kappa shape index (κ1) is 20.2. The number of ether oxygens (including phenoxy) is 1. The van der Waals surface area contributed by atoms with Gasteiger partial charge in [0.25, 0.3) is 0 Å². The third-order valence-electron chi connectivity index (χ3n) is 5.24. The van der Waals surface area contributed by atoms with E-state index in [0.717, 1.165) is 25.7 Å². The number of nitrogens with zero attached hydrogens (tertiary/aromatic N) is 1. The second-order valence-electron chi connectivity index (χ2n) is 7.98. The van der Waals surface area contributed by atoms with E-state index < -0.39 is 11.8 Å². The summed E-state index contributed by atoms with van der Waals surface area (Å²) in [5, 5.41) is 5.53. The number of amides is 2. The van der Waals surface area contributed by atoms with Crippen LogP contribution in [0.3, 0.4) is 0 Å². The van der Waals surface area contributed by atoms with Crippen molar-refractivity contribution in [2.45, 2.75) is 39.0 Å². The summed E-state index contributed by atoms with van der Waals surface area (Å²) in [7, 11) is 0. The molecule has 1 aromatic heterocycles. The Morgan fingerprint density at radius 1 is 1.03 bits per heavy atom. The molecule has 1 aromatic carbocycles. The van der Waals surface area contributed by atoms with Crippen LogP contribution in [0.4, 0.5) is 24.8 Å². The Morgan fingerprint density at radius 2 is 1.63 bits per heavy atom. The predicted molar refractivity (Wildman–Crippen MR) is 104 cm³/mol. The summed E-state index contributed by atoms with van der Waals surface area (Å²) in [6, 6.07) is 8.59. The monoisotopic (exact) mass is 419 g/mol. The minimum absolute atomic E-state index is 0.0299. The molecule has 1 heterocycles. The maximum Gasteiger partial charge on any atom is 0.573 e. The van der Waals surface area contributed by atoms with Crippen LogP contribution in [0.1, 0.15) is 32.6 Å². The molecule has 4 rings (SSSR count). The van der Waals surface area contributed by atoms with Crippen LogP contribution in [-0.2, 0) is 9.59 Å². The van der Waals surface area contributed by atoms with E-state index in [1.54, 1.807) is 12.1 Å². The van der Waals surface area contributed by atoms with Crippen LogP contribution < -0.4 is 15.4 Å². The fraction of sp³-hybridized carbons (Fsp3) is 0.381. The van der Waals surface area contributed by atoms with E-state index in [1.165, 1.54) is 24.3 Å². The number of hydrogen-bond acceptors (Lipinski definition) is 4. The number of pyridine rings is 1. The molecular formula is C21H20F3N3O3. The first-order valence-electron chi connectivity index (χ1n) is 9.62. The number of benzene rings is 1. The number of nitrogens with one attached hydrogen (secondary N) is 2. The summed E-state index contributed by atoms with van der Waals surface area (Å²) in [6.07, 6.45) is -1.52. The summed E-state index contributed by atoms with van der Waals surface area (Å²) in [5.74, 6) is -0.111. The van der Waals surface area contributed by atoms with E-state index in [0.29, 0.717) is 11.1 Å². The van der Waals surface area contributed by atoms with Crippen molar-refractivity contribution in [3.63, 3.8) is 0 Å². The van der Waals surface area contributed by atoms with Crippen LogP contribution in [0.2, 0.25) is 0 Å². The molecule has 0 unspecified atom stereocenters. The molecule has 6 nitrogen and oxygen atoms in total. The van der Waals surface area contributed by atoms with E-state index >= 15 is 0 Å². The number of anilines is 2. The lowest BCUT2D eigenvalue weighted by molar-refractivity contribution is -0.274. The molecule has 0 bridgehead atoms. The van der Waals surface area contributed by atoms with Gasteiger partial charge in [-0.1, -0.05) is 19.1 Å². The number of carbonyl (C=O) groups excluding carboxylic acids is 2. The summed E-state index contributed by atoms with van der Waals surface area (Å²) in [4.78, 5) is 28.9. The molecule has 2 fully saturated rings. The van der Waals surface area contributed by atoms with Gasteiger partial charge in [0.1, 0.15) is 17.4 Å². The number of hydrogen-bond donors (Lipinski definition) is 2. The lowest BCUT2D eigenvalue weighted by atomic mass is 10.1. The van der Waals surface area contributed by atoms with Gasteiger partial charge in [0.15, 0.2) is 0 Å². The average molecular weight is 419 g/mol. The van der Waals surface area contributed by atoms with Gasteiger partial charge < -0.3 is 15.4 Å². The smallest absolute Gasteiger partial charge is 0.406 e. The molecule has 2 amide bonds. The minimum atomic E-state index is -4.77. The normalized spacial score (nSPS) is 17.2. The van der Waals surface area contributed by atoms with Crippen LogP contribution in [0.25, 0.3) is 11.1 Å². The molecule has 0 radical (unpaired) electrons. The van der Waals surface area contributed by atoms with Crippen molar-refractivity contribution in [1.29, 1.82) is 0 Å². The summed E-state index contributed by atoms with van der Waals surface area (Å²) in [6.45, 7) is 1.86. The van der Waals surface area contributed by atoms with Gasteiger partial charge in [-0.3, -0.25) is 9.59 Å². The van der Waals surface area contributed by atoms with Gasteiger partial charge in [-0.15, -0.1) is 13.2 Å². The van der Waals surface area contributed by atoms with Crippen molar-refractivity contribution in [3.05, 3.63) is 36.4 Å². The largest absolute Gasteiger partial charge is 0.573 e. The van der Waals surface area contributed by atoms with Crippen LogP contribution in [0.5, 0.6) is 5.75 Å². The highest BCUT2D eigenvalue weighted by molar-refractivity contribution is 5.98. The van der Waals surface area contributed by atoms with E-state index in [1.807, 2.05) is 6.92 Å². The topological polar surface area (TPSA) is 80.3 Å². The predicted octanol–water partition coefficient (Wildman–Crippen LogP) is 4.73. The first-order valence-corrected chi connectivity index (χ1v) is 9.62. The number of halogens is 3. The zero-order valence-corrected chi connectivity index (χ0v) is 16.2. The molecule has 2 aliphatic carbocycles. The van der Waals surface area contributed by atoms with Crippen molar-refractivity contribution < 1.29 is 27.5 Å². The fourth-order valence-electron chi connectivity index (χ4n) is 2.93. The number of carbonyl (C=O) groups is 2. The molecule has 30 heavy (non-hydrogen) atoms. The average Bonchev–Trinajstić information content (AvgIpc) is 3.56. The molecule has 0 aliphatic heterocycles. The molecule has 0 spiro atoms. The van der Waals surface area contributed by atoms with Crippen molar-refractivity contribution >= 4 is 23.5 Å². The summed E-state index contributed by atoms with van der Waals surface area (Å²) in [5.41, 5.74) is 0.763. The second-order valence-corrected chi connectivity index (χ2v) is 7.98. The Kier molecular flexibility index (Phi) is 4.91. The lowest BCUT2D eigenvalue weighted by Gasteiger charge is -2.14. The van der Waals surface area contributed by atoms with E-state index in [-0.39, 0.29) is 35.1 Å². The van der Waals surface area contributed by atoms with Crippen LogP contribution in [-0.4, -0.2) is 23.2 Å². The third-order valence-corrected chi connectivity index (χ3v) is 5.24. The lowest BCUT2D eigenvalue weighted by Crippen LogP contribution is -2.22. The molecule has 2 N–H and O–H groups in total. The van der Waals surface area contributed by atoms with Crippen molar-refractivity contribution in [1.82, 2.24) is 4.98 Å². The van der Waals surface area contributed by atoms with Gasteiger partial charge in [-0.2, -0.15) is 0 Å². The highest BCUT2D eigenvalue weighted by Gasteiger charge is 2.45. The van der Waals surface area contributed by atoms with Crippen molar-refractivity contribution in [3.8, 4) is 16.9 Å². The second kappa shape index (κ2) is 7.30. The summed E-state index contributed by atoms with van der Waals surface area (Å²) < 4.78 is 41.0. The quantitative estimate of drug-likeness (QED) is 0.709. The summed E-state index contributed by atoms with van der Waals surface area (Å²) >= 11 is 0. The van der Waals surface area contributed by atoms with Gasteiger partial charge in [0.05, 0.1) is 0 Å². The highest BCUT2D eigenvalue weighted by Crippen LogP contribution is 2.45. The standard InChI is InChI=1S/C21H20F3N3O3/c1-20(8-9-20)19(29)27-17-11-14(10-16(25-17)26-18(28)13-2-3-13)12-4-6-15(7-5-12)30-21(22,23)24/h4-7,10-11,13H,2-3,8-9H2,1H3,(H2,25,26,27,28,29). The zero-order valence-electron chi connectivity index (χ0n) is 16.2. The van der Waals surface area contributed by atoms with Gasteiger partial charge in [-0.05, 0) is 61.1 Å². The third kappa shape index (κ3) is 4.90. The van der Waals surface area contributed by atoms with E-state index in [4.69, 9.17) is 0 Å². The van der Waals surface area contributed by atoms with Crippen LogP contribution in [0, 0.1) is 11.3 Å². The number of rotatable bonds is 6. The molecule has 9 heteroatoms. The Morgan fingerprint density at radius 3 is 2.17 bits per heavy atom. The maximum atomic E-state index is 12.4. The molecule has 0 saturated heterocycles. The maximum absolute atomic E-state index is 12.4. The fourth-order valence-corrected chi connectivity index (χ4v) is 2.93. The molecule has 2 aliphatic rings. The molecular weight excluding hydrogens is 399 g/mol. The van der Waals surface area contributed by atoms with Gasteiger partial charge in [0.2, 0.25) is 11.8 Å². The van der Waals surface area contributed by atoms with Gasteiger partial charge >= 0.3 is 6.36 Å². The van der Waals surface area contributed by atoms with Crippen LogP contribution >= 0.6 is 0 Å². The Labute approximate surface area is 170 Å². The highest BCUT2D eigenvalue weighted by atomic mass is 19.4. The Hall–Kier alpha value is -3.10. The van der Waals surface area contributed by atoms with Gasteiger partial charge in [-0.25, -0.2) is 4.98 Å². The van der Waals surface area contributed by atoms with Crippen LogP contribution in [0.15, 0.2) is 36.4 Å². The van der Waals surface area contributed by atoms with Gasteiger partial charge in [0, 0.05) is 11.3 Å². The zero-order chi connectivity index (χ0) is 21.5. The number of alkyl halides is 3. The molecule has 2 saturated carbocycles. The molecule has 0 atom stereocenters. The molecule has 2 aromatic rings. The molecule has 158 valence electrons. The first-order chi connectivity index (χ1) is 14.1.